The van der Waals surface area contributed by atoms with Gasteiger partial charge in [0, 0.05) is 11.0 Å². The highest BCUT2D eigenvalue weighted by molar-refractivity contribution is 9.10. The summed E-state index contributed by atoms with van der Waals surface area (Å²) in [5, 5.41) is 0. The molecule has 1 aliphatic rings. The van der Waals surface area contributed by atoms with Crippen molar-refractivity contribution in [2.75, 3.05) is 11.4 Å². The highest BCUT2D eigenvalue weighted by Crippen LogP contribution is 2.34. The Morgan fingerprint density at radius 2 is 1.84 bits per heavy atom. The number of hydrogen-bond donors (Lipinski definition) is 0. The Morgan fingerprint density at radius 3 is 2.58 bits per heavy atom. The third-order valence-electron chi connectivity index (χ3n) is 3.43. The highest BCUT2D eigenvalue weighted by Gasteiger charge is 2.36. The van der Waals surface area contributed by atoms with E-state index in [1.807, 2.05) is 12.1 Å². The van der Waals surface area contributed by atoms with E-state index in [4.69, 9.17) is 0 Å². The van der Waals surface area contributed by atoms with Crippen LogP contribution < -0.4 is 4.90 Å². The van der Waals surface area contributed by atoms with E-state index in [0.717, 1.165) is 18.5 Å². The number of benzene rings is 1. The molecule has 4 heteroatoms. The molecule has 0 fully saturated rings. The van der Waals surface area contributed by atoms with Crippen LogP contribution in [0.5, 0.6) is 0 Å². The van der Waals surface area contributed by atoms with Gasteiger partial charge in [0.15, 0.2) is 0 Å². The van der Waals surface area contributed by atoms with Gasteiger partial charge in [0.1, 0.15) is 0 Å². The summed E-state index contributed by atoms with van der Waals surface area (Å²) in [7, 11) is 0. The molecule has 1 aromatic rings. The number of carbonyl (C=O) groups is 2. The summed E-state index contributed by atoms with van der Waals surface area (Å²) in [6.45, 7) is 2.81. The summed E-state index contributed by atoms with van der Waals surface area (Å²) in [6.07, 6.45) is 5.68. The van der Waals surface area contributed by atoms with Crippen LogP contribution in [-0.4, -0.2) is 18.2 Å². The number of rotatable bonds is 6. The minimum absolute atomic E-state index is 0.391. The third kappa shape index (κ3) is 2.89. The average molecular weight is 324 g/mol. The van der Waals surface area contributed by atoms with Crippen molar-refractivity contribution < 1.29 is 9.59 Å². The fourth-order valence-electron chi connectivity index (χ4n) is 2.40. The van der Waals surface area contributed by atoms with Gasteiger partial charge in [0.2, 0.25) is 0 Å². The maximum Gasteiger partial charge on any atom is 0.299 e. The van der Waals surface area contributed by atoms with Crippen molar-refractivity contribution in [2.45, 2.75) is 39.0 Å². The molecule has 0 N–H and O–H groups in total. The van der Waals surface area contributed by atoms with E-state index in [-0.39, 0.29) is 0 Å². The second-order valence-electron chi connectivity index (χ2n) is 4.83. The second kappa shape index (κ2) is 6.33. The number of halogens is 1. The highest BCUT2D eigenvalue weighted by atomic mass is 79.9. The fraction of sp³-hybridized carbons (Fsp3) is 0.467. The molecule has 1 amide bonds. The number of hydrogen-bond acceptors (Lipinski definition) is 2. The zero-order chi connectivity index (χ0) is 13.8. The number of fused-ring (bicyclic) bond motifs is 1. The predicted molar refractivity (Wildman–Crippen MR) is 79.6 cm³/mol. The van der Waals surface area contributed by atoms with E-state index < -0.39 is 11.7 Å². The Morgan fingerprint density at radius 1 is 1.11 bits per heavy atom. The third-order valence-corrected chi connectivity index (χ3v) is 4.09. The molecule has 0 aliphatic carbocycles. The second-order valence-corrected chi connectivity index (χ2v) is 5.69. The molecule has 0 spiro atoms. The molecule has 0 saturated heterocycles. The van der Waals surface area contributed by atoms with E-state index in [1.54, 1.807) is 11.0 Å². The van der Waals surface area contributed by atoms with E-state index in [0.29, 0.717) is 16.6 Å². The monoisotopic (exact) mass is 323 g/mol. The van der Waals surface area contributed by atoms with Crippen LogP contribution in [-0.2, 0) is 4.79 Å². The maximum absolute atomic E-state index is 12.0. The van der Waals surface area contributed by atoms with Gasteiger partial charge in [-0.1, -0.05) is 38.7 Å². The van der Waals surface area contributed by atoms with Crippen LogP contribution in [0.15, 0.2) is 22.7 Å². The van der Waals surface area contributed by atoms with Gasteiger partial charge in [-0.3, -0.25) is 9.59 Å². The Labute approximate surface area is 122 Å². The number of ketones is 1. The maximum atomic E-state index is 12.0. The lowest BCUT2D eigenvalue weighted by Gasteiger charge is -2.16. The molecular weight excluding hydrogens is 306 g/mol. The van der Waals surface area contributed by atoms with Gasteiger partial charge in [0.05, 0.1) is 11.3 Å². The smallest absolute Gasteiger partial charge is 0.299 e. The molecule has 0 saturated carbocycles. The van der Waals surface area contributed by atoms with E-state index >= 15 is 0 Å². The quantitative estimate of drug-likeness (QED) is 0.587. The molecular formula is C15H18BrNO2. The lowest BCUT2D eigenvalue weighted by molar-refractivity contribution is -0.114. The number of Topliss-reactive ketones (excluding diaryl/α,β-unsaturated/α-hetero) is 1. The Kier molecular flexibility index (Phi) is 4.75. The normalized spacial score (nSPS) is 14.1. The number of nitrogens with zero attached hydrogens (tertiary/aromatic N) is 1. The molecule has 0 radical (unpaired) electrons. The number of unbranched alkanes of at least 4 members (excludes halogenated alkanes) is 4. The molecule has 0 unspecified atom stereocenters. The molecule has 1 heterocycles. The topological polar surface area (TPSA) is 37.4 Å². The van der Waals surface area contributed by atoms with Crippen molar-refractivity contribution in [3.8, 4) is 0 Å². The first kappa shape index (κ1) is 14.3. The molecule has 3 nitrogen and oxygen atoms in total. The lowest BCUT2D eigenvalue weighted by Crippen LogP contribution is -2.30. The summed E-state index contributed by atoms with van der Waals surface area (Å²) in [5.41, 5.74) is 1.26. The van der Waals surface area contributed by atoms with Crippen LogP contribution in [0.25, 0.3) is 0 Å². The first-order valence-electron chi connectivity index (χ1n) is 6.81. The largest absolute Gasteiger partial charge is 0.305 e. The summed E-state index contributed by atoms with van der Waals surface area (Å²) >= 11 is 3.35. The minimum atomic E-state index is -0.393. The molecule has 2 rings (SSSR count). The van der Waals surface area contributed by atoms with Crippen molar-refractivity contribution in [1.82, 2.24) is 0 Å². The minimum Gasteiger partial charge on any atom is -0.305 e. The van der Waals surface area contributed by atoms with Gasteiger partial charge in [0.25, 0.3) is 11.7 Å². The van der Waals surface area contributed by atoms with Crippen LogP contribution in [0, 0.1) is 0 Å². The van der Waals surface area contributed by atoms with Gasteiger partial charge in [-0.15, -0.1) is 0 Å². The van der Waals surface area contributed by atoms with Gasteiger partial charge < -0.3 is 4.90 Å². The van der Waals surface area contributed by atoms with Gasteiger partial charge in [-0.2, -0.15) is 0 Å². The molecule has 19 heavy (non-hydrogen) atoms. The van der Waals surface area contributed by atoms with Crippen LogP contribution in [0.1, 0.15) is 49.4 Å². The fourth-order valence-corrected chi connectivity index (χ4v) is 2.93. The summed E-state index contributed by atoms with van der Waals surface area (Å²) in [4.78, 5) is 25.6. The molecule has 0 aromatic heterocycles. The van der Waals surface area contributed by atoms with Crippen LogP contribution in [0.2, 0.25) is 0 Å². The van der Waals surface area contributed by atoms with Crippen LogP contribution in [0.3, 0.4) is 0 Å². The zero-order valence-corrected chi connectivity index (χ0v) is 12.7. The van der Waals surface area contributed by atoms with Crippen molar-refractivity contribution in [3.63, 3.8) is 0 Å². The number of anilines is 1. The van der Waals surface area contributed by atoms with E-state index in [1.165, 1.54) is 19.3 Å². The first-order chi connectivity index (χ1) is 9.16. The summed E-state index contributed by atoms with van der Waals surface area (Å²) < 4.78 is 0.705. The van der Waals surface area contributed by atoms with Crippen LogP contribution in [0.4, 0.5) is 5.69 Å². The van der Waals surface area contributed by atoms with Gasteiger partial charge in [-0.25, -0.2) is 0 Å². The average Bonchev–Trinajstić information content (AvgIpc) is 2.64. The Bertz CT molecular complexity index is 499. The number of carbonyl (C=O) groups excluding carboxylic acids is 2. The molecule has 0 atom stereocenters. The zero-order valence-electron chi connectivity index (χ0n) is 11.1. The van der Waals surface area contributed by atoms with Crippen molar-refractivity contribution in [3.05, 3.63) is 28.2 Å². The predicted octanol–water partition coefficient (Wildman–Crippen LogP) is 3.95. The lowest BCUT2D eigenvalue weighted by atomic mass is 10.1. The Balaban J connectivity index is 2.05. The Hall–Kier alpha value is -1.16. The number of amides is 1. The van der Waals surface area contributed by atoms with E-state index in [2.05, 4.69) is 22.9 Å². The van der Waals surface area contributed by atoms with Gasteiger partial charge >= 0.3 is 0 Å². The van der Waals surface area contributed by atoms with Crippen molar-refractivity contribution in [2.24, 2.45) is 0 Å². The molecule has 102 valence electrons. The SMILES string of the molecule is CCCCCCCN1C(=O)C(=O)c2c(Br)cccc21. The summed E-state index contributed by atoms with van der Waals surface area (Å²) in [5.74, 6) is -0.784. The molecule has 1 aliphatic heterocycles. The van der Waals surface area contributed by atoms with Gasteiger partial charge in [-0.05, 0) is 34.5 Å². The van der Waals surface area contributed by atoms with Crippen molar-refractivity contribution >= 4 is 33.3 Å². The van der Waals surface area contributed by atoms with Crippen molar-refractivity contribution in [1.29, 1.82) is 0 Å². The summed E-state index contributed by atoms with van der Waals surface area (Å²) in [6, 6.07) is 5.50. The standard InChI is InChI=1S/C15H18BrNO2/c1-2-3-4-5-6-10-17-12-9-7-8-11(16)13(12)14(18)15(17)19/h7-9H,2-6,10H2,1H3. The first-order valence-corrected chi connectivity index (χ1v) is 7.60. The van der Waals surface area contributed by atoms with Crippen LogP contribution >= 0.6 is 15.9 Å². The molecule has 1 aromatic carbocycles. The van der Waals surface area contributed by atoms with E-state index in [9.17, 15) is 9.59 Å². The molecule has 0 bridgehead atoms.